The van der Waals surface area contributed by atoms with Crippen molar-refractivity contribution in [3.63, 3.8) is 0 Å². The van der Waals surface area contributed by atoms with E-state index in [1.807, 2.05) is 0 Å². The SMILES string of the molecule is CCN(CC)C([SeH])=[Te]. The van der Waals surface area contributed by atoms with Gasteiger partial charge in [0, 0.05) is 0 Å². The summed E-state index contributed by atoms with van der Waals surface area (Å²) in [6.07, 6.45) is 0. The second-order valence-corrected chi connectivity index (χ2v) is 5.49. The van der Waals surface area contributed by atoms with Crippen molar-refractivity contribution in [1.82, 2.24) is 4.90 Å². The Hall–Kier alpha value is 0.979. The van der Waals surface area contributed by atoms with E-state index >= 15 is 0 Å². The molecule has 1 nitrogen and oxygen atoms in total. The van der Waals surface area contributed by atoms with Crippen LogP contribution in [0.15, 0.2) is 0 Å². The summed E-state index contributed by atoms with van der Waals surface area (Å²) in [6, 6.07) is 0. The Kier molecular flexibility index (Phi) is 5.41. The van der Waals surface area contributed by atoms with Crippen LogP contribution in [0, 0.1) is 0 Å². The van der Waals surface area contributed by atoms with Gasteiger partial charge in [0.15, 0.2) is 0 Å². The second-order valence-electron chi connectivity index (χ2n) is 1.45. The molecular weight excluding hydrogens is 281 g/mol. The van der Waals surface area contributed by atoms with Crippen LogP contribution in [0.2, 0.25) is 0 Å². The summed E-state index contributed by atoms with van der Waals surface area (Å²) >= 11 is 4.62. The molecule has 0 aromatic carbocycles. The van der Waals surface area contributed by atoms with Gasteiger partial charge in [-0.2, -0.15) is 0 Å². The van der Waals surface area contributed by atoms with Crippen LogP contribution in [0.3, 0.4) is 0 Å². The molecule has 0 bridgehead atoms. The Morgan fingerprint density at radius 2 is 1.88 bits per heavy atom. The van der Waals surface area contributed by atoms with Crippen LogP contribution in [0.25, 0.3) is 0 Å². The van der Waals surface area contributed by atoms with Crippen LogP contribution in [0.5, 0.6) is 0 Å². The fourth-order valence-corrected chi connectivity index (χ4v) is 1.82. The maximum atomic E-state index is 2.57. The summed E-state index contributed by atoms with van der Waals surface area (Å²) in [4.78, 5) is 2.31. The molecule has 0 aliphatic rings. The molecule has 0 radical (unpaired) electrons. The van der Waals surface area contributed by atoms with Crippen LogP contribution in [0.4, 0.5) is 0 Å². The van der Waals surface area contributed by atoms with Gasteiger partial charge < -0.3 is 0 Å². The van der Waals surface area contributed by atoms with Gasteiger partial charge in [0.2, 0.25) is 0 Å². The quantitative estimate of drug-likeness (QED) is 0.633. The molecule has 0 spiro atoms. The normalized spacial score (nSPS) is 8.88. The van der Waals surface area contributed by atoms with Gasteiger partial charge in [-0.05, 0) is 0 Å². The van der Waals surface area contributed by atoms with E-state index in [0.29, 0.717) is 0 Å². The van der Waals surface area contributed by atoms with Crippen molar-refractivity contribution < 1.29 is 0 Å². The minimum absolute atomic E-state index is 1.12. The first-order chi connectivity index (χ1) is 3.72. The van der Waals surface area contributed by atoms with Crippen molar-refractivity contribution in [2.24, 2.45) is 0 Å². The van der Waals surface area contributed by atoms with Crippen LogP contribution in [-0.4, -0.2) is 58.4 Å². The van der Waals surface area contributed by atoms with Gasteiger partial charge in [0.1, 0.15) is 0 Å². The van der Waals surface area contributed by atoms with Crippen LogP contribution >= 0.6 is 0 Å². The van der Waals surface area contributed by atoms with Crippen molar-refractivity contribution in [2.45, 2.75) is 13.8 Å². The van der Waals surface area contributed by atoms with E-state index in [9.17, 15) is 0 Å². The standard InChI is InChI=1S/C5H11NSeTe/c1-3-6(4-2)5(7)8/h3-4H2,1-2H3,(H,7,8). The Labute approximate surface area is 72.0 Å². The van der Waals surface area contributed by atoms with Crippen molar-refractivity contribution in [3.8, 4) is 0 Å². The van der Waals surface area contributed by atoms with Gasteiger partial charge in [-0.25, -0.2) is 0 Å². The first-order valence-electron chi connectivity index (χ1n) is 2.70. The average molecular weight is 292 g/mol. The molecule has 0 heterocycles. The monoisotopic (exact) mass is 295 g/mol. The summed E-state index contributed by atoms with van der Waals surface area (Å²) < 4.78 is 1.36. The Bertz CT molecular complexity index is 80.5. The molecular formula is C5H11NSeTe. The topological polar surface area (TPSA) is 3.24 Å². The predicted molar refractivity (Wildman–Crippen MR) is 40.8 cm³/mol. The summed E-state index contributed by atoms with van der Waals surface area (Å²) in [5.74, 6) is 0. The average Bonchev–Trinajstić information content (AvgIpc) is 1.69. The van der Waals surface area contributed by atoms with E-state index in [-0.39, 0.29) is 0 Å². The molecule has 8 heavy (non-hydrogen) atoms. The fraction of sp³-hybridized carbons (Fsp3) is 0.800. The summed E-state index contributed by atoms with van der Waals surface area (Å²) in [5.41, 5.74) is 0. The molecule has 0 N–H and O–H groups in total. The van der Waals surface area contributed by atoms with E-state index in [4.69, 9.17) is 0 Å². The predicted octanol–water partition coefficient (Wildman–Crippen LogP) is -0.515. The number of hydrogen-bond donors (Lipinski definition) is 0. The fourth-order valence-electron chi connectivity index (χ4n) is 0.494. The van der Waals surface area contributed by atoms with Gasteiger partial charge in [0.25, 0.3) is 0 Å². The second kappa shape index (κ2) is 4.82. The third-order valence-corrected chi connectivity index (χ3v) is 2.36. The molecule has 0 atom stereocenters. The zero-order chi connectivity index (χ0) is 6.57. The third kappa shape index (κ3) is 3.09. The molecule has 0 aromatic heterocycles. The molecule has 0 aliphatic heterocycles. The first kappa shape index (κ1) is 8.98. The van der Waals surface area contributed by atoms with Gasteiger partial charge in [-0.15, -0.1) is 0 Å². The Morgan fingerprint density at radius 1 is 1.50 bits per heavy atom. The van der Waals surface area contributed by atoms with Crippen LogP contribution < -0.4 is 0 Å². The number of nitrogens with zero attached hydrogens (tertiary/aromatic N) is 1. The van der Waals surface area contributed by atoms with Crippen molar-refractivity contribution >= 4 is 40.4 Å². The zero-order valence-electron chi connectivity index (χ0n) is 5.22. The molecule has 3 heteroatoms. The molecule has 0 saturated carbocycles. The third-order valence-electron chi connectivity index (χ3n) is 1.03. The molecule has 0 saturated heterocycles. The van der Waals surface area contributed by atoms with E-state index in [1.165, 1.54) is 2.57 Å². The van der Waals surface area contributed by atoms with Crippen LogP contribution in [0.1, 0.15) is 13.8 Å². The zero-order valence-corrected chi connectivity index (χ0v) is 9.42. The van der Waals surface area contributed by atoms with E-state index in [1.54, 1.807) is 0 Å². The summed E-state index contributed by atoms with van der Waals surface area (Å²) in [5, 5.41) is 0. The van der Waals surface area contributed by atoms with E-state index < -0.39 is 0 Å². The molecule has 0 unspecified atom stereocenters. The summed E-state index contributed by atoms with van der Waals surface area (Å²) in [6.45, 7) is 6.59. The van der Waals surface area contributed by atoms with Crippen molar-refractivity contribution in [1.29, 1.82) is 0 Å². The van der Waals surface area contributed by atoms with E-state index in [2.05, 4.69) is 56.6 Å². The van der Waals surface area contributed by atoms with E-state index in [0.717, 1.165) is 13.1 Å². The minimum atomic E-state index is 1.12. The molecule has 48 valence electrons. The Morgan fingerprint density at radius 3 is 1.88 bits per heavy atom. The molecule has 0 aromatic rings. The van der Waals surface area contributed by atoms with Gasteiger partial charge in [0.05, 0.1) is 0 Å². The Balaban J connectivity index is 3.52. The van der Waals surface area contributed by atoms with Crippen LogP contribution in [-0.2, 0) is 0 Å². The maximum absolute atomic E-state index is 2.57. The molecule has 0 aliphatic carbocycles. The van der Waals surface area contributed by atoms with Gasteiger partial charge in [-0.3, -0.25) is 0 Å². The van der Waals surface area contributed by atoms with Crippen molar-refractivity contribution in [3.05, 3.63) is 0 Å². The summed E-state index contributed by atoms with van der Waals surface area (Å²) in [7, 11) is 0. The number of hydrogen-bond acceptors (Lipinski definition) is 1. The molecule has 0 rings (SSSR count). The molecule has 0 amide bonds. The van der Waals surface area contributed by atoms with Gasteiger partial charge in [-0.1, -0.05) is 0 Å². The van der Waals surface area contributed by atoms with Crippen molar-refractivity contribution in [2.75, 3.05) is 13.1 Å². The number of rotatable bonds is 3. The molecule has 0 fully saturated rings. The van der Waals surface area contributed by atoms with Gasteiger partial charge >= 0.3 is 72.2 Å². The first-order valence-corrected chi connectivity index (χ1v) is 4.80.